The van der Waals surface area contributed by atoms with Crippen molar-refractivity contribution in [2.24, 2.45) is 17.6 Å². The fraction of sp³-hybridized carbons (Fsp3) is 0.528. The molecule has 256 valence electrons. The van der Waals surface area contributed by atoms with Crippen LogP contribution in [0.15, 0.2) is 60.7 Å². The minimum atomic E-state index is -0.900. The third-order valence-corrected chi connectivity index (χ3v) is 8.34. The average molecular weight is 650 g/mol. The molecule has 0 aliphatic carbocycles. The number of hydrogen-bond acceptors (Lipinski definition) is 7. The van der Waals surface area contributed by atoms with Crippen LogP contribution in [0.3, 0.4) is 0 Å². The van der Waals surface area contributed by atoms with Gasteiger partial charge in [0, 0.05) is 6.54 Å². The maximum atomic E-state index is 14.0. The van der Waals surface area contributed by atoms with Gasteiger partial charge in [0.2, 0.25) is 23.6 Å². The predicted molar refractivity (Wildman–Crippen MR) is 180 cm³/mol. The topological polar surface area (TPSA) is 160 Å². The van der Waals surface area contributed by atoms with Gasteiger partial charge in [-0.3, -0.25) is 24.0 Å². The fourth-order valence-corrected chi connectivity index (χ4v) is 5.84. The summed E-state index contributed by atoms with van der Waals surface area (Å²) < 4.78 is 5.50. The molecule has 1 fully saturated rings. The number of primary amides is 1. The lowest BCUT2D eigenvalue weighted by Gasteiger charge is -2.31. The van der Waals surface area contributed by atoms with Gasteiger partial charge in [-0.2, -0.15) is 0 Å². The summed E-state index contributed by atoms with van der Waals surface area (Å²) in [4.78, 5) is 67.7. The number of benzene rings is 2. The molecular weight excluding hydrogens is 598 g/mol. The predicted octanol–water partition coefficient (Wildman–Crippen LogP) is 2.86. The van der Waals surface area contributed by atoms with E-state index < -0.39 is 47.7 Å². The van der Waals surface area contributed by atoms with Crippen LogP contribution in [0.1, 0.15) is 69.9 Å². The number of unbranched alkanes of at least 4 members (excludes halogenated alkanes) is 1. The Morgan fingerprint density at radius 2 is 1.57 bits per heavy atom. The number of esters is 1. The van der Waals surface area contributed by atoms with Crippen LogP contribution >= 0.6 is 0 Å². The quantitative estimate of drug-likeness (QED) is 0.135. The zero-order valence-electron chi connectivity index (χ0n) is 27.9. The zero-order valence-corrected chi connectivity index (χ0v) is 27.9. The van der Waals surface area contributed by atoms with Crippen LogP contribution in [0, 0.1) is 11.8 Å². The Morgan fingerprint density at radius 3 is 2.19 bits per heavy atom. The summed E-state index contributed by atoms with van der Waals surface area (Å²) in [5.74, 6) is -3.07. The molecule has 1 aliphatic heterocycles. The molecule has 1 saturated heterocycles. The molecule has 1 heterocycles. The molecule has 3 rings (SSSR count). The summed E-state index contributed by atoms with van der Waals surface area (Å²) in [6.07, 6.45) is 3.47. The highest BCUT2D eigenvalue weighted by Crippen LogP contribution is 2.22. The summed E-state index contributed by atoms with van der Waals surface area (Å²) in [6.45, 7) is 5.14. The van der Waals surface area contributed by atoms with Crippen molar-refractivity contribution in [3.63, 3.8) is 0 Å². The van der Waals surface area contributed by atoms with Crippen molar-refractivity contribution in [2.45, 2.75) is 89.9 Å². The maximum absolute atomic E-state index is 14.0. The molecule has 0 unspecified atom stereocenters. The van der Waals surface area contributed by atoms with Gasteiger partial charge in [-0.15, -0.1) is 0 Å². The second-order valence-corrected chi connectivity index (χ2v) is 12.7. The van der Waals surface area contributed by atoms with Crippen molar-refractivity contribution in [3.8, 4) is 0 Å². The first-order chi connectivity index (χ1) is 22.6. The third kappa shape index (κ3) is 12.5. The van der Waals surface area contributed by atoms with Crippen molar-refractivity contribution in [1.82, 2.24) is 20.9 Å². The smallest absolute Gasteiger partial charge is 0.306 e. The second kappa shape index (κ2) is 19.4. The summed E-state index contributed by atoms with van der Waals surface area (Å²) in [6, 6.07) is 16.2. The lowest BCUT2D eigenvalue weighted by Crippen LogP contribution is -2.56. The van der Waals surface area contributed by atoms with Gasteiger partial charge in [0.05, 0.1) is 12.3 Å². The molecule has 4 amide bonds. The number of carbonyl (C=O) groups excluding carboxylic acids is 5. The van der Waals surface area contributed by atoms with Crippen LogP contribution in [0.25, 0.3) is 0 Å². The van der Waals surface area contributed by atoms with Gasteiger partial charge in [-0.05, 0) is 75.6 Å². The highest BCUT2D eigenvalue weighted by atomic mass is 16.5. The van der Waals surface area contributed by atoms with Crippen LogP contribution in [0.4, 0.5) is 0 Å². The van der Waals surface area contributed by atoms with E-state index in [1.807, 2.05) is 81.6 Å². The molecule has 2 aromatic rings. The van der Waals surface area contributed by atoms with Gasteiger partial charge < -0.3 is 31.3 Å². The van der Waals surface area contributed by atoms with Crippen LogP contribution < -0.4 is 21.7 Å². The summed E-state index contributed by atoms with van der Waals surface area (Å²) in [5.41, 5.74) is 7.30. The number of nitrogens with one attached hydrogen (secondary N) is 3. The first kappa shape index (κ1) is 37.2. The average Bonchev–Trinajstić information content (AvgIpc) is 3.55. The number of carbonyl (C=O) groups is 5. The summed E-state index contributed by atoms with van der Waals surface area (Å²) in [5, 5.41) is 8.75. The minimum absolute atomic E-state index is 0.0550. The molecule has 0 bridgehead atoms. The Kier molecular flexibility index (Phi) is 15.4. The lowest BCUT2D eigenvalue weighted by atomic mass is 9.94. The third-order valence-electron chi connectivity index (χ3n) is 8.34. The van der Waals surface area contributed by atoms with E-state index in [9.17, 15) is 24.0 Å². The van der Waals surface area contributed by atoms with Gasteiger partial charge in [0.1, 0.15) is 24.7 Å². The van der Waals surface area contributed by atoms with Gasteiger partial charge in [-0.1, -0.05) is 74.5 Å². The zero-order chi connectivity index (χ0) is 34.2. The highest BCUT2D eigenvalue weighted by Gasteiger charge is 2.39. The van der Waals surface area contributed by atoms with Crippen molar-refractivity contribution < 1.29 is 28.7 Å². The van der Waals surface area contributed by atoms with E-state index in [1.165, 1.54) is 4.90 Å². The van der Waals surface area contributed by atoms with Crippen molar-refractivity contribution in [2.75, 3.05) is 20.1 Å². The monoisotopic (exact) mass is 649 g/mol. The van der Waals surface area contributed by atoms with Crippen molar-refractivity contribution >= 4 is 29.6 Å². The standard InChI is InChI=1S/C36H51N5O6/c1-25(2)21-30(36(46)41-20-12-18-31(41)35(45)39-29(33(37)43)17-10-11-19-38-3)40-34(44)28(22-26-13-6-4-7-14-26)23-32(42)47-24-27-15-8-5-9-16-27/h4-9,13-16,25,28-31,38H,10-12,17-24H2,1-3H3,(H2,37,43)(H,39,45)(H,40,44)/t28-,29+,30+,31+/m1/s1. The first-order valence-corrected chi connectivity index (χ1v) is 16.7. The Labute approximate surface area is 278 Å². The molecule has 5 N–H and O–H groups in total. The largest absolute Gasteiger partial charge is 0.461 e. The Hall–Kier alpha value is -4.25. The number of rotatable bonds is 19. The summed E-state index contributed by atoms with van der Waals surface area (Å²) in [7, 11) is 1.85. The van der Waals surface area contributed by atoms with E-state index >= 15 is 0 Å². The molecule has 2 aromatic carbocycles. The normalized spacial score (nSPS) is 16.3. The van der Waals surface area contributed by atoms with Crippen LogP contribution in [0.5, 0.6) is 0 Å². The number of amides is 4. The van der Waals surface area contributed by atoms with E-state index in [0.717, 1.165) is 24.1 Å². The molecule has 47 heavy (non-hydrogen) atoms. The first-order valence-electron chi connectivity index (χ1n) is 16.7. The Balaban J connectivity index is 1.72. The van der Waals surface area contributed by atoms with E-state index in [-0.39, 0.29) is 31.3 Å². The number of likely N-dealkylation sites (tertiary alicyclic amines) is 1. The van der Waals surface area contributed by atoms with Gasteiger partial charge >= 0.3 is 5.97 Å². The van der Waals surface area contributed by atoms with Crippen LogP contribution in [-0.4, -0.2) is 72.8 Å². The van der Waals surface area contributed by atoms with E-state index in [2.05, 4.69) is 16.0 Å². The van der Waals surface area contributed by atoms with Gasteiger partial charge in [-0.25, -0.2) is 0 Å². The molecule has 0 spiro atoms. The highest BCUT2D eigenvalue weighted by molar-refractivity contribution is 5.95. The molecule has 4 atom stereocenters. The molecular formula is C36H51N5O6. The molecule has 1 aliphatic rings. The number of hydrogen-bond donors (Lipinski definition) is 4. The van der Waals surface area contributed by atoms with Crippen LogP contribution in [-0.2, 0) is 41.7 Å². The molecule has 11 heteroatoms. The van der Waals surface area contributed by atoms with E-state index in [0.29, 0.717) is 38.6 Å². The molecule has 0 radical (unpaired) electrons. The Bertz CT molecular complexity index is 1310. The fourth-order valence-electron chi connectivity index (χ4n) is 5.84. The lowest BCUT2D eigenvalue weighted by molar-refractivity contribution is -0.148. The minimum Gasteiger partial charge on any atom is -0.461 e. The second-order valence-electron chi connectivity index (χ2n) is 12.7. The van der Waals surface area contributed by atoms with Crippen LogP contribution in [0.2, 0.25) is 0 Å². The van der Waals surface area contributed by atoms with Crippen molar-refractivity contribution in [1.29, 1.82) is 0 Å². The molecule has 0 aromatic heterocycles. The molecule has 11 nitrogen and oxygen atoms in total. The Morgan fingerprint density at radius 1 is 0.915 bits per heavy atom. The van der Waals surface area contributed by atoms with Gasteiger partial charge in [0.25, 0.3) is 0 Å². The van der Waals surface area contributed by atoms with E-state index in [4.69, 9.17) is 10.5 Å². The number of nitrogens with zero attached hydrogens (tertiary/aromatic N) is 1. The van der Waals surface area contributed by atoms with E-state index in [1.54, 1.807) is 0 Å². The maximum Gasteiger partial charge on any atom is 0.306 e. The SMILES string of the molecule is CNCCCC[C@H](NC(=O)[C@@H]1CCCN1C(=O)[C@H](CC(C)C)NC(=O)[C@@H](CC(=O)OCc1ccccc1)Cc1ccccc1)C(N)=O. The summed E-state index contributed by atoms with van der Waals surface area (Å²) >= 11 is 0. The molecule has 0 saturated carbocycles. The number of ether oxygens (including phenoxy) is 1. The van der Waals surface area contributed by atoms with Crippen molar-refractivity contribution in [3.05, 3.63) is 71.8 Å². The number of nitrogens with two attached hydrogens (primary N) is 1. The van der Waals surface area contributed by atoms with Gasteiger partial charge in [0.15, 0.2) is 0 Å².